The minimum atomic E-state index is -0.661. The summed E-state index contributed by atoms with van der Waals surface area (Å²) in [6.45, 7) is 0. The van der Waals surface area contributed by atoms with Gasteiger partial charge in [-0.2, -0.15) is 10.2 Å². The standard InChI is InChI=1S/C30H24N6O4S2/c37-27(21-9-3-1-4-10-21)33-25(19-23-13-7-17-41-23)29(39)35-31-15-16-32-36-30(40)26(20-24-14-8-18-42-24)34-28(38)22-11-5-2-6-12-22/h1-20H,(H,33,37)(H,34,38)(H,35,39)(H,36,40)/b25-19+,26-20+,31-15+,32-16+. The molecule has 2 aromatic heterocycles. The molecule has 0 fully saturated rings. The Morgan fingerprint density at radius 3 is 1.31 bits per heavy atom. The smallest absolute Gasteiger partial charge is 0.287 e. The van der Waals surface area contributed by atoms with Crippen LogP contribution in [-0.4, -0.2) is 36.1 Å². The number of hydrogen-bond donors (Lipinski definition) is 4. The van der Waals surface area contributed by atoms with E-state index in [1.54, 1.807) is 72.8 Å². The highest BCUT2D eigenvalue weighted by atomic mass is 32.1. The van der Waals surface area contributed by atoms with Crippen LogP contribution in [0.3, 0.4) is 0 Å². The zero-order valence-corrected chi connectivity index (χ0v) is 23.5. The second-order valence-electron chi connectivity index (χ2n) is 8.23. The van der Waals surface area contributed by atoms with Crippen molar-refractivity contribution >= 4 is 70.9 Å². The van der Waals surface area contributed by atoms with Gasteiger partial charge in [0.2, 0.25) is 0 Å². The van der Waals surface area contributed by atoms with E-state index in [2.05, 4.69) is 31.7 Å². The van der Waals surface area contributed by atoms with Crippen molar-refractivity contribution < 1.29 is 19.2 Å². The number of thiophene rings is 2. The molecule has 4 amide bonds. The maximum atomic E-state index is 12.8. The fourth-order valence-electron chi connectivity index (χ4n) is 3.30. The number of nitrogens with one attached hydrogen (secondary N) is 4. The highest BCUT2D eigenvalue weighted by molar-refractivity contribution is 7.11. The summed E-state index contributed by atoms with van der Waals surface area (Å²) < 4.78 is 0. The van der Waals surface area contributed by atoms with Gasteiger partial charge in [-0.1, -0.05) is 48.5 Å². The van der Waals surface area contributed by atoms with Crippen molar-refractivity contribution in [2.75, 3.05) is 0 Å². The van der Waals surface area contributed by atoms with Crippen molar-refractivity contribution in [1.82, 2.24) is 21.5 Å². The minimum Gasteiger partial charge on any atom is -0.317 e. The molecule has 4 rings (SSSR count). The van der Waals surface area contributed by atoms with Gasteiger partial charge in [-0.15, -0.1) is 22.7 Å². The highest BCUT2D eigenvalue weighted by Crippen LogP contribution is 2.14. The summed E-state index contributed by atoms with van der Waals surface area (Å²) in [5, 5.41) is 16.5. The van der Waals surface area contributed by atoms with E-state index in [4.69, 9.17) is 0 Å². The third kappa shape index (κ3) is 9.05. The fraction of sp³-hybridized carbons (Fsp3) is 0. The number of rotatable bonds is 11. The van der Waals surface area contributed by atoms with Crippen LogP contribution in [0.15, 0.2) is 117 Å². The van der Waals surface area contributed by atoms with E-state index in [0.717, 1.165) is 22.2 Å². The molecule has 42 heavy (non-hydrogen) atoms. The molecular formula is C30H24N6O4S2. The SMILES string of the molecule is O=C(N/N=C/C=N/NC(=O)/C(=C\c1cccs1)NC(=O)c1ccccc1)/C(=C\c1cccs1)NC(=O)c1ccccc1. The number of carbonyl (C=O) groups is 4. The lowest BCUT2D eigenvalue weighted by atomic mass is 10.2. The Balaban J connectivity index is 1.36. The predicted octanol–water partition coefficient (Wildman–Crippen LogP) is 4.26. The van der Waals surface area contributed by atoms with E-state index >= 15 is 0 Å². The zero-order chi connectivity index (χ0) is 29.6. The lowest BCUT2D eigenvalue weighted by Crippen LogP contribution is -2.33. The molecule has 10 nitrogen and oxygen atoms in total. The van der Waals surface area contributed by atoms with Crippen molar-refractivity contribution in [3.05, 3.63) is 128 Å². The summed E-state index contributed by atoms with van der Waals surface area (Å²) in [4.78, 5) is 52.3. The van der Waals surface area contributed by atoms with Gasteiger partial charge in [0, 0.05) is 20.9 Å². The number of benzene rings is 2. The molecule has 0 unspecified atom stereocenters. The van der Waals surface area contributed by atoms with Gasteiger partial charge in [0.05, 0.1) is 12.4 Å². The maximum absolute atomic E-state index is 12.8. The van der Waals surface area contributed by atoms with Gasteiger partial charge in [0.15, 0.2) is 0 Å². The van der Waals surface area contributed by atoms with Crippen LogP contribution >= 0.6 is 22.7 Å². The Labute approximate surface area is 249 Å². The molecule has 2 heterocycles. The fourth-order valence-corrected chi connectivity index (χ4v) is 4.61. The Bertz CT molecular complexity index is 1510. The Morgan fingerprint density at radius 1 is 0.548 bits per heavy atom. The van der Waals surface area contributed by atoms with Crippen molar-refractivity contribution in [2.24, 2.45) is 10.2 Å². The van der Waals surface area contributed by atoms with Gasteiger partial charge in [0.1, 0.15) is 11.4 Å². The molecule has 0 bridgehead atoms. The number of amides is 4. The van der Waals surface area contributed by atoms with Crippen LogP contribution in [0.25, 0.3) is 12.2 Å². The minimum absolute atomic E-state index is 0.00814. The van der Waals surface area contributed by atoms with E-state index in [-0.39, 0.29) is 11.4 Å². The Morgan fingerprint density at radius 2 is 0.952 bits per heavy atom. The molecule has 0 atom stereocenters. The molecule has 0 aliphatic carbocycles. The molecule has 4 aromatic rings. The Kier molecular flexibility index (Phi) is 10.8. The first-order chi connectivity index (χ1) is 20.5. The number of carbonyl (C=O) groups excluding carboxylic acids is 4. The average Bonchev–Trinajstić information content (AvgIpc) is 3.73. The second kappa shape index (κ2) is 15.4. The van der Waals surface area contributed by atoms with Crippen LogP contribution in [0.4, 0.5) is 0 Å². The first-order valence-corrected chi connectivity index (χ1v) is 14.1. The van der Waals surface area contributed by atoms with Crippen molar-refractivity contribution in [1.29, 1.82) is 0 Å². The molecule has 0 radical (unpaired) electrons. The van der Waals surface area contributed by atoms with Crippen LogP contribution in [0.1, 0.15) is 30.5 Å². The summed E-state index contributed by atoms with van der Waals surface area (Å²) >= 11 is 2.79. The monoisotopic (exact) mass is 596 g/mol. The summed E-state index contributed by atoms with van der Waals surface area (Å²) in [6, 6.07) is 24.2. The van der Waals surface area contributed by atoms with Crippen molar-refractivity contribution in [3.8, 4) is 0 Å². The predicted molar refractivity (Wildman–Crippen MR) is 166 cm³/mol. The molecule has 0 aliphatic heterocycles. The molecule has 210 valence electrons. The third-order valence-corrected chi connectivity index (χ3v) is 6.90. The number of nitrogens with zero attached hydrogens (tertiary/aromatic N) is 2. The number of hydrogen-bond acceptors (Lipinski definition) is 8. The molecule has 2 aromatic carbocycles. The van der Waals surface area contributed by atoms with Gasteiger partial charge in [0.25, 0.3) is 23.6 Å². The first kappa shape index (κ1) is 29.5. The average molecular weight is 597 g/mol. The van der Waals surface area contributed by atoms with E-state index in [0.29, 0.717) is 11.1 Å². The molecule has 0 aliphatic rings. The van der Waals surface area contributed by atoms with Crippen molar-refractivity contribution in [3.63, 3.8) is 0 Å². The van der Waals surface area contributed by atoms with E-state index in [1.165, 1.54) is 34.8 Å². The topological polar surface area (TPSA) is 141 Å². The third-order valence-electron chi connectivity index (χ3n) is 5.27. The van der Waals surface area contributed by atoms with E-state index in [1.807, 2.05) is 22.9 Å². The first-order valence-electron chi connectivity index (χ1n) is 12.4. The Hall–Kier alpha value is -5.46. The van der Waals surface area contributed by atoms with Gasteiger partial charge in [-0.3, -0.25) is 19.2 Å². The summed E-state index contributed by atoms with van der Waals surface area (Å²) in [7, 11) is 0. The molecule has 4 N–H and O–H groups in total. The molecular weight excluding hydrogens is 573 g/mol. The van der Waals surface area contributed by atoms with Crippen LogP contribution in [0.2, 0.25) is 0 Å². The van der Waals surface area contributed by atoms with Crippen LogP contribution in [-0.2, 0) is 9.59 Å². The summed E-state index contributed by atoms with van der Waals surface area (Å²) in [6.07, 6.45) is 5.36. The molecule has 12 heteroatoms. The zero-order valence-electron chi connectivity index (χ0n) is 21.9. The summed E-state index contributed by atoms with van der Waals surface area (Å²) in [5.74, 6) is -2.22. The van der Waals surface area contributed by atoms with E-state index < -0.39 is 23.6 Å². The van der Waals surface area contributed by atoms with Crippen LogP contribution < -0.4 is 21.5 Å². The van der Waals surface area contributed by atoms with Gasteiger partial charge >= 0.3 is 0 Å². The molecule has 0 spiro atoms. The molecule has 0 saturated carbocycles. The quantitative estimate of drug-likeness (QED) is 0.117. The van der Waals surface area contributed by atoms with Gasteiger partial charge in [-0.05, 0) is 59.3 Å². The van der Waals surface area contributed by atoms with Crippen LogP contribution in [0, 0.1) is 0 Å². The molecule has 0 saturated heterocycles. The number of hydrazone groups is 2. The van der Waals surface area contributed by atoms with Crippen molar-refractivity contribution in [2.45, 2.75) is 0 Å². The second-order valence-corrected chi connectivity index (χ2v) is 10.2. The van der Waals surface area contributed by atoms with E-state index in [9.17, 15) is 19.2 Å². The van der Waals surface area contributed by atoms with Gasteiger partial charge < -0.3 is 10.6 Å². The van der Waals surface area contributed by atoms with Gasteiger partial charge in [-0.25, -0.2) is 10.9 Å². The largest absolute Gasteiger partial charge is 0.317 e. The van der Waals surface area contributed by atoms with Crippen LogP contribution in [0.5, 0.6) is 0 Å². The lowest BCUT2D eigenvalue weighted by molar-refractivity contribution is -0.118. The highest BCUT2D eigenvalue weighted by Gasteiger charge is 2.15. The lowest BCUT2D eigenvalue weighted by Gasteiger charge is -2.08. The normalized spacial score (nSPS) is 11.8. The maximum Gasteiger partial charge on any atom is 0.287 e. The summed E-state index contributed by atoms with van der Waals surface area (Å²) in [5.41, 5.74) is 5.40.